The predicted octanol–water partition coefficient (Wildman–Crippen LogP) is 7.63. The summed E-state index contributed by atoms with van der Waals surface area (Å²) in [7, 11) is 4.19. The Morgan fingerprint density at radius 3 is 1.49 bits per heavy atom. The van der Waals surface area contributed by atoms with Gasteiger partial charge in [0.2, 0.25) is 0 Å². The normalized spacial score (nSPS) is 12.5. The highest BCUT2D eigenvalue weighted by Gasteiger charge is 2.44. The first-order valence-electron chi connectivity index (χ1n) is 12.5. The van der Waals surface area contributed by atoms with E-state index in [4.69, 9.17) is 0 Å². The molecule has 0 aliphatic carbocycles. The van der Waals surface area contributed by atoms with E-state index in [0.29, 0.717) is 12.8 Å². The third kappa shape index (κ3) is 4.85. The molecule has 2 heteroatoms. The van der Waals surface area contributed by atoms with Crippen LogP contribution in [-0.2, 0) is 10.2 Å². The molecule has 0 N–H and O–H groups in total. The van der Waals surface area contributed by atoms with Crippen LogP contribution in [0.4, 0.5) is 0 Å². The highest BCUT2D eigenvalue weighted by atomic mass is 16.1. The summed E-state index contributed by atoms with van der Waals surface area (Å²) >= 11 is 0. The van der Waals surface area contributed by atoms with Crippen molar-refractivity contribution in [3.63, 3.8) is 0 Å². The standard InChI is InChI=1S/C33H35NO/c1-5-32(35)33(24-25(2)34(3)4,30-22-14-12-20-28(30)26-16-8-6-9-17-26)31-23-15-13-21-29(31)27-18-10-7-11-19-27/h6-23,25H,5,24H2,1-4H3. The molecular weight excluding hydrogens is 426 g/mol. The van der Waals surface area contributed by atoms with Crippen LogP contribution >= 0.6 is 0 Å². The van der Waals surface area contributed by atoms with Crippen LogP contribution in [0.5, 0.6) is 0 Å². The molecule has 35 heavy (non-hydrogen) atoms. The maximum Gasteiger partial charge on any atom is 0.147 e. The van der Waals surface area contributed by atoms with Crippen molar-refractivity contribution in [3.05, 3.63) is 120 Å². The van der Waals surface area contributed by atoms with Crippen molar-refractivity contribution in [3.8, 4) is 22.3 Å². The molecule has 4 aromatic carbocycles. The van der Waals surface area contributed by atoms with Crippen molar-refractivity contribution in [2.45, 2.75) is 38.1 Å². The van der Waals surface area contributed by atoms with Gasteiger partial charge in [-0.1, -0.05) is 116 Å². The fourth-order valence-electron chi connectivity index (χ4n) is 5.16. The van der Waals surface area contributed by atoms with Gasteiger partial charge >= 0.3 is 0 Å². The number of rotatable bonds is 9. The Labute approximate surface area is 210 Å². The number of carbonyl (C=O) groups is 1. The Hall–Kier alpha value is -3.49. The second-order valence-electron chi connectivity index (χ2n) is 9.52. The molecule has 4 rings (SSSR count). The zero-order valence-corrected chi connectivity index (χ0v) is 21.2. The second-order valence-corrected chi connectivity index (χ2v) is 9.52. The monoisotopic (exact) mass is 461 g/mol. The first kappa shape index (κ1) is 24.6. The van der Waals surface area contributed by atoms with Crippen molar-refractivity contribution in [2.75, 3.05) is 14.1 Å². The van der Waals surface area contributed by atoms with Crippen LogP contribution in [0.1, 0.15) is 37.8 Å². The topological polar surface area (TPSA) is 20.3 Å². The molecule has 2 nitrogen and oxygen atoms in total. The van der Waals surface area contributed by atoms with Crippen LogP contribution in [-0.4, -0.2) is 30.8 Å². The van der Waals surface area contributed by atoms with Gasteiger partial charge in [-0.05, 0) is 60.8 Å². The molecule has 0 heterocycles. The Kier molecular flexibility index (Phi) is 7.63. The van der Waals surface area contributed by atoms with Gasteiger partial charge in [0.1, 0.15) is 5.78 Å². The summed E-state index contributed by atoms with van der Waals surface area (Å²) in [6.07, 6.45) is 1.16. The quantitative estimate of drug-likeness (QED) is 0.255. The number of nitrogens with zero attached hydrogens (tertiary/aromatic N) is 1. The van der Waals surface area contributed by atoms with Gasteiger partial charge in [0.25, 0.3) is 0 Å². The van der Waals surface area contributed by atoms with E-state index in [1.165, 1.54) is 0 Å². The van der Waals surface area contributed by atoms with Gasteiger partial charge < -0.3 is 4.90 Å². The summed E-state index contributed by atoms with van der Waals surface area (Å²) in [5, 5.41) is 0. The smallest absolute Gasteiger partial charge is 0.147 e. The number of ketones is 1. The van der Waals surface area contributed by atoms with E-state index in [1.807, 2.05) is 19.1 Å². The molecule has 0 amide bonds. The van der Waals surface area contributed by atoms with Crippen molar-refractivity contribution in [2.24, 2.45) is 0 Å². The highest BCUT2D eigenvalue weighted by molar-refractivity contribution is 5.98. The third-order valence-electron chi connectivity index (χ3n) is 7.22. The van der Waals surface area contributed by atoms with Gasteiger partial charge in [-0.15, -0.1) is 0 Å². The molecule has 0 aromatic heterocycles. The van der Waals surface area contributed by atoms with Crippen LogP contribution in [0.25, 0.3) is 22.3 Å². The van der Waals surface area contributed by atoms with Crippen LogP contribution in [0, 0.1) is 0 Å². The first-order chi connectivity index (χ1) is 17.0. The SMILES string of the molecule is CCC(=O)C(CC(C)N(C)C)(c1ccccc1-c1ccccc1)c1ccccc1-c1ccccc1. The minimum absolute atomic E-state index is 0.193. The van der Waals surface area contributed by atoms with E-state index in [-0.39, 0.29) is 11.8 Å². The van der Waals surface area contributed by atoms with Crippen molar-refractivity contribution in [1.82, 2.24) is 4.90 Å². The number of hydrogen-bond donors (Lipinski definition) is 0. The zero-order valence-electron chi connectivity index (χ0n) is 21.2. The zero-order chi connectivity index (χ0) is 24.8. The Bertz CT molecular complexity index is 1180. The van der Waals surface area contributed by atoms with E-state index in [9.17, 15) is 4.79 Å². The van der Waals surface area contributed by atoms with Gasteiger partial charge in [-0.25, -0.2) is 0 Å². The maximum atomic E-state index is 14.3. The molecule has 1 unspecified atom stereocenters. The van der Waals surface area contributed by atoms with Crippen molar-refractivity contribution in [1.29, 1.82) is 0 Å². The lowest BCUT2D eigenvalue weighted by molar-refractivity contribution is -0.123. The van der Waals surface area contributed by atoms with E-state index in [0.717, 1.165) is 33.4 Å². The lowest BCUT2D eigenvalue weighted by atomic mass is 9.63. The third-order valence-corrected chi connectivity index (χ3v) is 7.22. The molecule has 0 saturated heterocycles. The van der Waals surface area contributed by atoms with Gasteiger partial charge in [0, 0.05) is 12.5 Å². The molecule has 0 fully saturated rings. The van der Waals surface area contributed by atoms with Crippen LogP contribution in [0.15, 0.2) is 109 Å². The summed E-state index contributed by atoms with van der Waals surface area (Å²) < 4.78 is 0. The van der Waals surface area contributed by atoms with E-state index in [1.54, 1.807) is 0 Å². The van der Waals surface area contributed by atoms with Crippen LogP contribution < -0.4 is 0 Å². The Morgan fingerprint density at radius 2 is 1.09 bits per heavy atom. The van der Waals surface area contributed by atoms with Crippen LogP contribution in [0.3, 0.4) is 0 Å². The fourth-order valence-corrected chi connectivity index (χ4v) is 5.16. The van der Waals surface area contributed by atoms with Gasteiger partial charge in [0.15, 0.2) is 0 Å². The number of benzene rings is 4. The first-order valence-corrected chi connectivity index (χ1v) is 12.5. The number of carbonyl (C=O) groups excluding carboxylic acids is 1. The molecule has 4 aromatic rings. The second kappa shape index (κ2) is 10.8. The number of Topliss-reactive ketones (excluding diaryl/α,β-unsaturated/α-hetero) is 1. The minimum atomic E-state index is -0.794. The predicted molar refractivity (Wildman–Crippen MR) is 148 cm³/mol. The lowest BCUT2D eigenvalue weighted by Gasteiger charge is -2.40. The van der Waals surface area contributed by atoms with Gasteiger partial charge in [0.05, 0.1) is 5.41 Å². The molecule has 178 valence electrons. The molecule has 0 radical (unpaired) electrons. The average molecular weight is 462 g/mol. The molecule has 0 aliphatic rings. The summed E-state index contributed by atoms with van der Waals surface area (Å²) in [4.78, 5) is 16.6. The minimum Gasteiger partial charge on any atom is -0.307 e. The van der Waals surface area contributed by atoms with Gasteiger partial charge in [-0.3, -0.25) is 4.79 Å². The molecule has 0 spiro atoms. The maximum absolute atomic E-state index is 14.3. The van der Waals surface area contributed by atoms with Crippen molar-refractivity contribution >= 4 is 5.78 Å². The summed E-state index contributed by atoms with van der Waals surface area (Å²) in [5.74, 6) is 0.248. The van der Waals surface area contributed by atoms with Gasteiger partial charge in [-0.2, -0.15) is 0 Å². The molecular formula is C33H35NO. The summed E-state index contributed by atoms with van der Waals surface area (Å²) in [5.41, 5.74) is 5.85. The highest BCUT2D eigenvalue weighted by Crippen LogP contribution is 2.47. The molecule has 0 saturated carbocycles. The lowest BCUT2D eigenvalue weighted by Crippen LogP contribution is -2.43. The summed E-state index contributed by atoms with van der Waals surface area (Å²) in [6.45, 7) is 4.21. The Balaban J connectivity index is 2.10. The molecule has 0 bridgehead atoms. The average Bonchev–Trinajstić information content (AvgIpc) is 2.92. The van der Waals surface area contributed by atoms with Crippen molar-refractivity contribution < 1.29 is 4.79 Å². The summed E-state index contributed by atoms with van der Waals surface area (Å²) in [6, 6.07) is 38.0. The molecule has 0 aliphatic heterocycles. The van der Waals surface area contributed by atoms with E-state index in [2.05, 4.69) is 123 Å². The largest absolute Gasteiger partial charge is 0.307 e. The van der Waals surface area contributed by atoms with E-state index >= 15 is 0 Å². The Morgan fingerprint density at radius 1 is 0.686 bits per heavy atom. The fraction of sp³-hybridized carbons (Fsp3) is 0.242. The van der Waals surface area contributed by atoms with Crippen LogP contribution in [0.2, 0.25) is 0 Å². The van der Waals surface area contributed by atoms with E-state index < -0.39 is 5.41 Å². The number of hydrogen-bond acceptors (Lipinski definition) is 2. The molecule has 1 atom stereocenters.